The Labute approximate surface area is 114 Å². The Kier molecular flexibility index (Phi) is 4.80. The first kappa shape index (κ1) is 13.9. The Morgan fingerprint density at radius 1 is 1.42 bits per heavy atom. The Balaban J connectivity index is 1.76. The van der Waals surface area contributed by atoms with Gasteiger partial charge in [0.05, 0.1) is 5.56 Å². The van der Waals surface area contributed by atoms with E-state index in [1.165, 1.54) is 25.9 Å². The van der Waals surface area contributed by atoms with Gasteiger partial charge in [-0.2, -0.15) is 0 Å². The van der Waals surface area contributed by atoms with E-state index in [1.807, 2.05) is 6.07 Å². The fraction of sp³-hybridized carbons (Fsp3) is 0.533. The number of piperidine rings is 1. The monoisotopic (exact) mass is 262 g/mol. The molecule has 0 bridgehead atoms. The molecule has 2 N–H and O–H groups in total. The van der Waals surface area contributed by atoms with Gasteiger partial charge in [-0.15, -0.1) is 0 Å². The molecule has 1 aliphatic heterocycles. The second-order valence-corrected chi connectivity index (χ2v) is 5.35. The summed E-state index contributed by atoms with van der Waals surface area (Å²) in [6, 6.07) is 7.00. The summed E-state index contributed by atoms with van der Waals surface area (Å²) in [7, 11) is 2.17. The molecule has 19 heavy (non-hydrogen) atoms. The maximum Gasteiger partial charge on any atom is 0.335 e. The molecular formula is C15H22N2O2. The van der Waals surface area contributed by atoms with E-state index in [-0.39, 0.29) is 0 Å². The minimum absolute atomic E-state index is 0.337. The molecule has 0 atom stereocenters. The summed E-state index contributed by atoms with van der Waals surface area (Å²) in [5.74, 6) is -0.0784. The van der Waals surface area contributed by atoms with Gasteiger partial charge in [-0.1, -0.05) is 6.07 Å². The third-order valence-corrected chi connectivity index (χ3v) is 3.83. The average Bonchev–Trinajstić information content (AvgIpc) is 2.41. The van der Waals surface area contributed by atoms with Crippen LogP contribution in [0, 0.1) is 5.92 Å². The van der Waals surface area contributed by atoms with E-state index in [0.717, 1.165) is 24.6 Å². The van der Waals surface area contributed by atoms with E-state index in [4.69, 9.17) is 5.11 Å². The van der Waals surface area contributed by atoms with Crippen LogP contribution in [0.1, 0.15) is 29.6 Å². The quantitative estimate of drug-likeness (QED) is 0.856. The number of carbonyl (C=O) groups is 1. The van der Waals surface area contributed by atoms with Crippen LogP contribution in [0.4, 0.5) is 5.69 Å². The van der Waals surface area contributed by atoms with Gasteiger partial charge >= 0.3 is 5.97 Å². The molecule has 4 heteroatoms. The molecule has 0 spiro atoms. The van der Waals surface area contributed by atoms with Gasteiger partial charge in [0.1, 0.15) is 0 Å². The number of aromatic carboxylic acids is 1. The molecule has 1 aromatic rings. The minimum Gasteiger partial charge on any atom is -0.478 e. The van der Waals surface area contributed by atoms with Gasteiger partial charge in [-0.25, -0.2) is 4.79 Å². The SMILES string of the molecule is CN1CCC(CCNc2cccc(C(=O)O)c2)CC1. The third kappa shape index (κ3) is 4.24. The predicted molar refractivity (Wildman–Crippen MR) is 76.7 cm³/mol. The minimum atomic E-state index is -0.876. The van der Waals surface area contributed by atoms with E-state index < -0.39 is 5.97 Å². The Hall–Kier alpha value is -1.55. The van der Waals surface area contributed by atoms with Gasteiger partial charge in [-0.05, 0) is 63.5 Å². The summed E-state index contributed by atoms with van der Waals surface area (Å²) in [5.41, 5.74) is 1.23. The van der Waals surface area contributed by atoms with Crippen LogP contribution in [0.25, 0.3) is 0 Å². The number of hydrogen-bond acceptors (Lipinski definition) is 3. The topological polar surface area (TPSA) is 52.6 Å². The van der Waals surface area contributed by atoms with Crippen LogP contribution in [-0.4, -0.2) is 42.7 Å². The zero-order chi connectivity index (χ0) is 13.7. The third-order valence-electron chi connectivity index (χ3n) is 3.83. The first-order chi connectivity index (χ1) is 9.15. The Morgan fingerprint density at radius 2 is 2.16 bits per heavy atom. The first-order valence-electron chi connectivity index (χ1n) is 6.91. The normalized spacial score (nSPS) is 17.3. The van der Waals surface area contributed by atoms with Gasteiger partial charge in [0.15, 0.2) is 0 Å². The van der Waals surface area contributed by atoms with Crippen molar-refractivity contribution in [3.8, 4) is 0 Å². The maximum absolute atomic E-state index is 10.9. The highest BCUT2D eigenvalue weighted by Gasteiger charge is 2.15. The smallest absolute Gasteiger partial charge is 0.335 e. The highest BCUT2D eigenvalue weighted by atomic mass is 16.4. The zero-order valence-corrected chi connectivity index (χ0v) is 11.4. The van der Waals surface area contributed by atoms with E-state index >= 15 is 0 Å². The maximum atomic E-state index is 10.9. The lowest BCUT2D eigenvalue weighted by Crippen LogP contribution is -2.30. The molecule has 1 aromatic carbocycles. The van der Waals surface area contributed by atoms with E-state index in [0.29, 0.717) is 5.56 Å². The van der Waals surface area contributed by atoms with E-state index in [2.05, 4.69) is 17.3 Å². The number of carboxylic acid groups (broad SMARTS) is 1. The van der Waals surface area contributed by atoms with Gasteiger partial charge in [-0.3, -0.25) is 0 Å². The average molecular weight is 262 g/mol. The molecule has 1 fully saturated rings. The van der Waals surface area contributed by atoms with E-state index in [1.54, 1.807) is 18.2 Å². The van der Waals surface area contributed by atoms with Gasteiger partial charge in [0.2, 0.25) is 0 Å². The number of anilines is 1. The molecule has 0 radical (unpaired) electrons. The van der Waals surface area contributed by atoms with Crippen molar-refractivity contribution in [2.24, 2.45) is 5.92 Å². The predicted octanol–water partition coefficient (Wildman–Crippen LogP) is 2.53. The second-order valence-electron chi connectivity index (χ2n) is 5.35. The standard InChI is InChI=1S/C15H22N2O2/c1-17-9-6-12(7-10-17)5-8-16-14-4-2-3-13(11-14)15(18)19/h2-4,11-12,16H,5-10H2,1H3,(H,18,19). The molecule has 0 amide bonds. The van der Waals surface area contributed by atoms with Crippen molar-refractivity contribution in [1.82, 2.24) is 4.90 Å². The number of nitrogens with zero attached hydrogens (tertiary/aromatic N) is 1. The van der Waals surface area contributed by atoms with Crippen molar-refractivity contribution < 1.29 is 9.90 Å². The first-order valence-corrected chi connectivity index (χ1v) is 6.91. The van der Waals surface area contributed by atoms with Gasteiger partial charge < -0.3 is 15.3 Å². The molecule has 1 aliphatic rings. The summed E-state index contributed by atoms with van der Waals surface area (Å²) < 4.78 is 0. The van der Waals surface area contributed by atoms with Crippen molar-refractivity contribution in [3.05, 3.63) is 29.8 Å². The highest BCUT2D eigenvalue weighted by Crippen LogP contribution is 2.19. The molecule has 0 unspecified atom stereocenters. The van der Waals surface area contributed by atoms with Crippen LogP contribution in [0.15, 0.2) is 24.3 Å². The van der Waals surface area contributed by atoms with Crippen LogP contribution < -0.4 is 5.32 Å². The van der Waals surface area contributed by atoms with Crippen LogP contribution in [-0.2, 0) is 0 Å². The van der Waals surface area contributed by atoms with Crippen LogP contribution >= 0.6 is 0 Å². The molecule has 0 saturated carbocycles. The van der Waals surface area contributed by atoms with E-state index in [9.17, 15) is 4.79 Å². The summed E-state index contributed by atoms with van der Waals surface area (Å²) >= 11 is 0. The fourth-order valence-corrected chi connectivity index (χ4v) is 2.53. The van der Waals surface area contributed by atoms with Crippen molar-refractivity contribution in [1.29, 1.82) is 0 Å². The Bertz CT molecular complexity index is 426. The Morgan fingerprint density at radius 3 is 2.84 bits per heavy atom. The number of benzene rings is 1. The summed E-state index contributed by atoms with van der Waals surface area (Å²) in [4.78, 5) is 13.2. The molecule has 0 aromatic heterocycles. The molecule has 1 saturated heterocycles. The second kappa shape index (κ2) is 6.57. The lowest BCUT2D eigenvalue weighted by atomic mass is 9.94. The van der Waals surface area contributed by atoms with Crippen molar-refractivity contribution in [3.63, 3.8) is 0 Å². The molecular weight excluding hydrogens is 240 g/mol. The van der Waals surface area contributed by atoms with Gasteiger partial charge in [0, 0.05) is 12.2 Å². The molecule has 2 rings (SSSR count). The van der Waals surface area contributed by atoms with Crippen LogP contribution in [0.3, 0.4) is 0 Å². The van der Waals surface area contributed by atoms with Crippen molar-refractivity contribution in [2.75, 3.05) is 32.0 Å². The number of rotatable bonds is 5. The lowest BCUT2D eigenvalue weighted by Gasteiger charge is -2.29. The molecule has 4 nitrogen and oxygen atoms in total. The van der Waals surface area contributed by atoms with Crippen molar-refractivity contribution >= 4 is 11.7 Å². The highest BCUT2D eigenvalue weighted by molar-refractivity contribution is 5.88. The van der Waals surface area contributed by atoms with Crippen LogP contribution in [0.5, 0.6) is 0 Å². The molecule has 0 aliphatic carbocycles. The van der Waals surface area contributed by atoms with Crippen molar-refractivity contribution in [2.45, 2.75) is 19.3 Å². The summed E-state index contributed by atoms with van der Waals surface area (Å²) in [6.07, 6.45) is 3.70. The van der Waals surface area contributed by atoms with Crippen LogP contribution in [0.2, 0.25) is 0 Å². The number of carboxylic acids is 1. The number of hydrogen-bond donors (Lipinski definition) is 2. The number of likely N-dealkylation sites (tertiary alicyclic amines) is 1. The lowest BCUT2D eigenvalue weighted by molar-refractivity contribution is 0.0697. The summed E-state index contributed by atoms with van der Waals surface area (Å²) in [6.45, 7) is 3.30. The molecule has 104 valence electrons. The number of nitrogens with one attached hydrogen (secondary N) is 1. The zero-order valence-electron chi connectivity index (χ0n) is 11.4. The van der Waals surface area contributed by atoms with Gasteiger partial charge in [0.25, 0.3) is 0 Å². The largest absolute Gasteiger partial charge is 0.478 e. The fourth-order valence-electron chi connectivity index (χ4n) is 2.53. The summed E-state index contributed by atoms with van der Waals surface area (Å²) in [5, 5.41) is 12.3. The molecule has 1 heterocycles.